The minimum Gasteiger partial charge on any atom is -0.493 e. The third-order valence-corrected chi connectivity index (χ3v) is 7.15. The second-order valence-electron chi connectivity index (χ2n) is 7.30. The van der Waals surface area contributed by atoms with E-state index in [1.165, 1.54) is 0 Å². The molecule has 0 bridgehead atoms. The molecule has 0 aromatic heterocycles. The molecule has 3 atom stereocenters. The molecule has 0 amide bonds. The number of methoxy groups -OCH3 is 3. The maximum atomic E-state index is 12.2. The highest BCUT2D eigenvalue weighted by Gasteiger charge is 2.26. The van der Waals surface area contributed by atoms with Crippen LogP contribution in [0.2, 0.25) is 0 Å². The largest absolute Gasteiger partial charge is 0.493 e. The third-order valence-electron chi connectivity index (χ3n) is 5.40. The summed E-state index contributed by atoms with van der Waals surface area (Å²) in [4.78, 5) is 4.76. The monoisotopic (exact) mass is 439 g/mol. The van der Waals surface area contributed by atoms with Crippen molar-refractivity contribution in [1.82, 2.24) is 10.6 Å². The van der Waals surface area contributed by atoms with E-state index >= 15 is 0 Å². The predicted molar refractivity (Wildman–Crippen MR) is 124 cm³/mol. The van der Waals surface area contributed by atoms with Gasteiger partial charge >= 0.3 is 0 Å². The van der Waals surface area contributed by atoms with Crippen LogP contribution in [0.25, 0.3) is 0 Å². The molecule has 0 spiro atoms. The van der Waals surface area contributed by atoms with E-state index in [4.69, 9.17) is 19.2 Å². The number of hydrogen-bond acceptors (Lipinski definition) is 5. The fourth-order valence-corrected chi connectivity index (χ4v) is 5.26. The van der Waals surface area contributed by atoms with Gasteiger partial charge in [0.2, 0.25) is 5.75 Å². The molecule has 3 unspecified atom stereocenters. The zero-order valence-corrected chi connectivity index (χ0v) is 19.8. The van der Waals surface area contributed by atoms with Crippen molar-refractivity contribution in [3.8, 4) is 17.2 Å². The lowest BCUT2D eigenvalue weighted by atomic mass is 9.95. The minimum absolute atomic E-state index is 0.292. The molecular formula is C22H37N3O4S. The molecule has 0 heterocycles. The molecular weight excluding hydrogens is 402 g/mol. The Labute approximate surface area is 183 Å². The Morgan fingerprint density at radius 2 is 1.90 bits per heavy atom. The smallest absolute Gasteiger partial charge is 0.203 e. The van der Waals surface area contributed by atoms with Crippen LogP contribution in [0.3, 0.4) is 0 Å². The van der Waals surface area contributed by atoms with Gasteiger partial charge in [0.25, 0.3) is 0 Å². The first-order valence-electron chi connectivity index (χ1n) is 10.8. The van der Waals surface area contributed by atoms with E-state index in [0.29, 0.717) is 41.5 Å². The second-order valence-corrected chi connectivity index (χ2v) is 9.31. The number of benzene rings is 1. The summed E-state index contributed by atoms with van der Waals surface area (Å²) in [5.41, 5.74) is 1.02. The van der Waals surface area contributed by atoms with E-state index in [-0.39, 0.29) is 0 Å². The summed E-state index contributed by atoms with van der Waals surface area (Å²) in [5, 5.41) is 7.17. The maximum Gasteiger partial charge on any atom is 0.203 e. The van der Waals surface area contributed by atoms with Crippen LogP contribution in [-0.2, 0) is 17.2 Å². The van der Waals surface area contributed by atoms with Crippen molar-refractivity contribution in [2.45, 2.75) is 57.2 Å². The summed E-state index contributed by atoms with van der Waals surface area (Å²) in [6, 6.07) is 4.19. The van der Waals surface area contributed by atoms with Gasteiger partial charge in [-0.1, -0.05) is 19.4 Å². The quantitative estimate of drug-likeness (QED) is 0.431. The summed E-state index contributed by atoms with van der Waals surface area (Å²) in [6.07, 6.45) is 4.91. The summed E-state index contributed by atoms with van der Waals surface area (Å²) >= 11 is 0. The third kappa shape index (κ3) is 6.52. The van der Waals surface area contributed by atoms with Gasteiger partial charge < -0.3 is 24.8 Å². The van der Waals surface area contributed by atoms with Crippen LogP contribution in [-0.4, -0.2) is 61.6 Å². The fraction of sp³-hybridized carbons (Fsp3) is 0.682. The van der Waals surface area contributed by atoms with Crippen molar-refractivity contribution in [2.75, 3.05) is 40.2 Å². The lowest BCUT2D eigenvalue weighted by molar-refractivity contribution is 0.322. The van der Waals surface area contributed by atoms with Gasteiger partial charge in [-0.3, -0.25) is 9.20 Å². The van der Waals surface area contributed by atoms with Crippen molar-refractivity contribution in [3.63, 3.8) is 0 Å². The molecule has 2 rings (SSSR count). The van der Waals surface area contributed by atoms with Crippen LogP contribution < -0.4 is 24.8 Å². The van der Waals surface area contributed by atoms with Gasteiger partial charge in [0.15, 0.2) is 17.5 Å². The normalized spacial score (nSPS) is 20.4. The van der Waals surface area contributed by atoms with Gasteiger partial charge in [-0.2, -0.15) is 0 Å². The maximum absolute atomic E-state index is 12.2. The van der Waals surface area contributed by atoms with Crippen LogP contribution in [0, 0.1) is 0 Å². The van der Waals surface area contributed by atoms with Crippen LogP contribution in [0.5, 0.6) is 17.2 Å². The molecule has 2 N–H and O–H groups in total. The number of ether oxygens (including phenoxy) is 3. The lowest BCUT2D eigenvalue weighted by Crippen LogP contribution is -2.46. The molecule has 1 aromatic carbocycles. The summed E-state index contributed by atoms with van der Waals surface area (Å²) in [6.45, 7) is 5.46. The molecule has 30 heavy (non-hydrogen) atoms. The van der Waals surface area contributed by atoms with Gasteiger partial charge in [0, 0.05) is 46.5 Å². The Balaban J connectivity index is 2.04. The first-order chi connectivity index (χ1) is 14.6. The molecule has 1 aliphatic carbocycles. The minimum atomic E-state index is -0.729. The summed E-state index contributed by atoms with van der Waals surface area (Å²) in [5.74, 6) is 3.47. The van der Waals surface area contributed by atoms with Gasteiger partial charge in [0.1, 0.15) is 0 Å². The number of hydrogen-bond donors (Lipinski definition) is 2. The molecule has 1 aromatic rings. The molecule has 0 saturated heterocycles. The molecule has 0 aliphatic heterocycles. The first-order valence-corrected chi connectivity index (χ1v) is 12.2. The van der Waals surface area contributed by atoms with E-state index < -0.39 is 10.8 Å². The molecule has 8 heteroatoms. The molecule has 170 valence electrons. The summed E-state index contributed by atoms with van der Waals surface area (Å²) < 4.78 is 28.6. The first kappa shape index (κ1) is 24.3. The Bertz CT molecular complexity index is 727. The molecule has 7 nitrogen and oxygen atoms in total. The van der Waals surface area contributed by atoms with Crippen LogP contribution in [0.4, 0.5) is 0 Å². The SMILES string of the molecule is CCNC(=NCCc1ccc(OC)c(OC)c1OC)NC1CCCC(S(=O)CC)C1. The van der Waals surface area contributed by atoms with Crippen molar-refractivity contribution in [3.05, 3.63) is 17.7 Å². The standard InChI is InChI=1S/C22H37N3O4S/c1-6-23-22(25-17-9-8-10-18(15-17)30(26)7-2)24-14-13-16-11-12-19(27-3)21(29-5)20(16)28-4/h11-12,17-18H,6-10,13-15H2,1-5H3,(H2,23,24,25). The number of nitrogens with one attached hydrogen (secondary N) is 2. The Kier molecular flexibility index (Phi) is 10.3. The van der Waals surface area contributed by atoms with Crippen LogP contribution in [0.15, 0.2) is 17.1 Å². The van der Waals surface area contributed by atoms with E-state index in [0.717, 1.165) is 49.5 Å². The molecule has 1 fully saturated rings. The van der Waals surface area contributed by atoms with Crippen molar-refractivity contribution in [2.24, 2.45) is 4.99 Å². The van der Waals surface area contributed by atoms with Crippen LogP contribution in [0.1, 0.15) is 45.1 Å². The topological polar surface area (TPSA) is 81.2 Å². The second kappa shape index (κ2) is 12.7. The lowest BCUT2D eigenvalue weighted by Gasteiger charge is -2.30. The number of nitrogens with zero attached hydrogens (tertiary/aromatic N) is 1. The van der Waals surface area contributed by atoms with Crippen molar-refractivity contribution < 1.29 is 18.4 Å². The number of guanidine groups is 1. The van der Waals surface area contributed by atoms with Gasteiger partial charge in [0.05, 0.1) is 21.3 Å². The van der Waals surface area contributed by atoms with Gasteiger partial charge in [-0.15, -0.1) is 0 Å². The molecule has 1 saturated carbocycles. The van der Waals surface area contributed by atoms with Crippen molar-refractivity contribution >= 4 is 16.8 Å². The molecule has 1 aliphatic rings. The highest BCUT2D eigenvalue weighted by atomic mass is 32.2. The number of rotatable bonds is 10. The predicted octanol–water partition coefficient (Wildman–Crippen LogP) is 2.89. The van der Waals surface area contributed by atoms with E-state index in [2.05, 4.69) is 17.6 Å². The van der Waals surface area contributed by atoms with Crippen molar-refractivity contribution in [1.29, 1.82) is 0 Å². The van der Waals surface area contributed by atoms with E-state index in [1.54, 1.807) is 21.3 Å². The average molecular weight is 440 g/mol. The Morgan fingerprint density at radius 1 is 1.13 bits per heavy atom. The zero-order chi connectivity index (χ0) is 21.9. The Morgan fingerprint density at radius 3 is 2.53 bits per heavy atom. The highest BCUT2D eigenvalue weighted by molar-refractivity contribution is 7.85. The van der Waals surface area contributed by atoms with E-state index in [9.17, 15) is 4.21 Å². The van der Waals surface area contributed by atoms with Gasteiger partial charge in [-0.05, 0) is 38.7 Å². The zero-order valence-electron chi connectivity index (χ0n) is 19.0. The number of aliphatic imine (C=N–C) groups is 1. The van der Waals surface area contributed by atoms with Crippen LogP contribution >= 0.6 is 0 Å². The fourth-order valence-electron chi connectivity index (χ4n) is 3.91. The van der Waals surface area contributed by atoms with Gasteiger partial charge in [-0.25, -0.2) is 0 Å². The Hall–Kier alpha value is -1.96. The van der Waals surface area contributed by atoms with E-state index in [1.807, 2.05) is 19.1 Å². The molecule has 0 radical (unpaired) electrons. The average Bonchev–Trinajstić information content (AvgIpc) is 2.78. The highest BCUT2D eigenvalue weighted by Crippen LogP contribution is 2.39. The summed E-state index contributed by atoms with van der Waals surface area (Å²) in [7, 11) is 4.13.